The number of fused-ring (bicyclic) bond motifs is 2. The number of rotatable bonds is 0. The molecular weight excluding hydrogens is 271 g/mol. The molecular formula is C12H26Cl2N4. The average molecular weight is 297 g/mol. The van der Waals surface area contributed by atoms with Crippen LogP contribution in [0.15, 0.2) is 0 Å². The van der Waals surface area contributed by atoms with Crippen LogP contribution in [0.3, 0.4) is 0 Å². The molecule has 4 bridgehead atoms. The van der Waals surface area contributed by atoms with E-state index in [1.807, 2.05) is 0 Å². The molecule has 6 rings (SSSR count). The summed E-state index contributed by atoms with van der Waals surface area (Å²) in [5, 5.41) is 0. The Labute approximate surface area is 121 Å². The zero-order valence-electron chi connectivity index (χ0n) is 10.8. The van der Waals surface area contributed by atoms with Gasteiger partial charge in [-0.1, -0.05) is 0 Å². The van der Waals surface area contributed by atoms with Crippen molar-refractivity contribution in [2.45, 2.75) is 73.5 Å². The fourth-order valence-corrected chi connectivity index (χ4v) is 4.40. The van der Waals surface area contributed by atoms with Crippen LogP contribution in [-0.2, 0) is 0 Å². The second-order valence-corrected chi connectivity index (χ2v) is 7.16. The van der Waals surface area contributed by atoms with Crippen LogP contribution in [0.2, 0.25) is 0 Å². The topological polar surface area (TPSA) is 104 Å². The molecule has 0 amide bonds. The molecule has 6 heteroatoms. The van der Waals surface area contributed by atoms with E-state index in [2.05, 4.69) is 0 Å². The first-order valence-corrected chi connectivity index (χ1v) is 6.40. The van der Waals surface area contributed by atoms with Crippen molar-refractivity contribution >= 4 is 24.8 Å². The Morgan fingerprint density at radius 1 is 0.444 bits per heavy atom. The lowest BCUT2D eigenvalue weighted by molar-refractivity contribution is 0.204. The van der Waals surface area contributed by atoms with Gasteiger partial charge >= 0.3 is 0 Å². The van der Waals surface area contributed by atoms with Crippen LogP contribution >= 0.6 is 24.8 Å². The van der Waals surface area contributed by atoms with Crippen molar-refractivity contribution in [3.8, 4) is 0 Å². The summed E-state index contributed by atoms with van der Waals surface area (Å²) in [7, 11) is 0. The molecule has 0 saturated heterocycles. The summed E-state index contributed by atoms with van der Waals surface area (Å²) in [5.74, 6) is 0. The molecule has 0 aromatic heterocycles. The predicted octanol–water partition coefficient (Wildman–Crippen LogP) is 0.782. The van der Waals surface area contributed by atoms with Gasteiger partial charge in [0.15, 0.2) is 0 Å². The van der Waals surface area contributed by atoms with Crippen LogP contribution in [-0.4, -0.2) is 22.2 Å². The van der Waals surface area contributed by atoms with E-state index >= 15 is 0 Å². The number of nitrogens with two attached hydrogens (primary N) is 4. The molecule has 6 aliphatic rings. The van der Waals surface area contributed by atoms with Crippen molar-refractivity contribution in [1.29, 1.82) is 0 Å². The van der Waals surface area contributed by atoms with Crippen molar-refractivity contribution in [3.63, 3.8) is 0 Å². The van der Waals surface area contributed by atoms with Crippen LogP contribution < -0.4 is 22.9 Å². The van der Waals surface area contributed by atoms with E-state index in [0.29, 0.717) is 0 Å². The van der Waals surface area contributed by atoms with Gasteiger partial charge in [-0.2, -0.15) is 0 Å². The Morgan fingerprint density at radius 3 is 0.667 bits per heavy atom. The van der Waals surface area contributed by atoms with Crippen LogP contribution in [0.25, 0.3) is 0 Å². The molecule has 0 aromatic rings. The lowest BCUT2D eigenvalue weighted by atomic mass is 9.73. The predicted molar refractivity (Wildman–Crippen MR) is 79.1 cm³/mol. The Balaban J connectivity index is 0.000000162. The Hall–Kier alpha value is 0.420. The maximum atomic E-state index is 5.85. The van der Waals surface area contributed by atoms with Gasteiger partial charge in [-0.05, 0) is 51.4 Å². The summed E-state index contributed by atoms with van der Waals surface area (Å²) in [5.41, 5.74) is 24.1. The molecule has 4 nitrogen and oxygen atoms in total. The van der Waals surface area contributed by atoms with Crippen LogP contribution in [0.4, 0.5) is 0 Å². The van der Waals surface area contributed by atoms with Crippen molar-refractivity contribution < 1.29 is 0 Å². The van der Waals surface area contributed by atoms with Gasteiger partial charge in [0.05, 0.1) is 0 Å². The van der Waals surface area contributed by atoms with Crippen molar-refractivity contribution in [2.24, 2.45) is 22.9 Å². The zero-order chi connectivity index (χ0) is 11.7. The van der Waals surface area contributed by atoms with Crippen molar-refractivity contribution in [1.82, 2.24) is 0 Å². The minimum Gasteiger partial charge on any atom is -0.325 e. The molecule has 0 unspecified atom stereocenters. The van der Waals surface area contributed by atoms with E-state index in [0.717, 1.165) is 51.4 Å². The summed E-state index contributed by atoms with van der Waals surface area (Å²) < 4.78 is 0. The standard InChI is InChI=1S/2C6H12N2.2ClH/c2*7-5-1-2-6(8,3-5)4-5;;/h2*1-4,7-8H2;2*1H. The molecule has 6 fully saturated rings. The van der Waals surface area contributed by atoms with E-state index in [1.165, 1.54) is 0 Å². The summed E-state index contributed by atoms with van der Waals surface area (Å²) >= 11 is 0. The molecule has 0 aliphatic heterocycles. The second-order valence-electron chi connectivity index (χ2n) is 7.16. The number of hydrogen-bond acceptors (Lipinski definition) is 4. The lowest BCUT2D eigenvalue weighted by Crippen LogP contribution is -2.58. The first-order chi connectivity index (χ1) is 7.24. The second kappa shape index (κ2) is 4.47. The van der Waals surface area contributed by atoms with E-state index in [-0.39, 0.29) is 47.0 Å². The van der Waals surface area contributed by atoms with E-state index in [4.69, 9.17) is 22.9 Å². The maximum absolute atomic E-state index is 5.85. The van der Waals surface area contributed by atoms with E-state index < -0.39 is 0 Å². The highest BCUT2D eigenvalue weighted by Crippen LogP contribution is 2.52. The SMILES string of the molecule is Cl.Cl.NC12CCC(N)(C1)C2.NC12CCC(N)(C1)C2. The summed E-state index contributed by atoms with van der Waals surface area (Å²) in [6.45, 7) is 0. The fourth-order valence-electron chi connectivity index (χ4n) is 4.40. The number of hydrogen-bond donors (Lipinski definition) is 4. The Kier molecular flexibility index (Phi) is 4.09. The Morgan fingerprint density at radius 2 is 0.611 bits per heavy atom. The van der Waals surface area contributed by atoms with Crippen LogP contribution in [0.1, 0.15) is 51.4 Å². The summed E-state index contributed by atoms with van der Waals surface area (Å²) in [4.78, 5) is 0. The van der Waals surface area contributed by atoms with Gasteiger partial charge in [-0.15, -0.1) is 24.8 Å². The highest BCUT2D eigenvalue weighted by Gasteiger charge is 2.56. The highest BCUT2D eigenvalue weighted by atomic mass is 35.5. The van der Waals surface area contributed by atoms with E-state index in [1.54, 1.807) is 0 Å². The minimum absolute atomic E-state index is 0. The largest absolute Gasteiger partial charge is 0.325 e. The van der Waals surface area contributed by atoms with Crippen molar-refractivity contribution in [3.05, 3.63) is 0 Å². The molecule has 0 atom stereocenters. The summed E-state index contributed by atoms with van der Waals surface area (Å²) in [6, 6.07) is 0. The van der Waals surface area contributed by atoms with Gasteiger partial charge in [0.1, 0.15) is 0 Å². The Bertz CT molecular complexity index is 262. The zero-order valence-corrected chi connectivity index (χ0v) is 12.4. The molecule has 0 radical (unpaired) electrons. The first kappa shape index (κ1) is 16.5. The third kappa shape index (κ3) is 2.65. The molecule has 6 saturated carbocycles. The van der Waals surface area contributed by atoms with Gasteiger partial charge < -0.3 is 22.9 Å². The van der Waals surface area contributed by atoms with Gasteiger partial charge in [-0.25, -0.2) is 0 Å². The van der Waals surface area contributed by atoms with Gasteiger partial charge in [0, 0.05) is 22.2 Å². The molecule has 0 spiro atoms. The normalized spacial score (nSPS) is 54.0. The fraction of sp³-hybridized carbons (Fsp3) is 1.00. The molecule has 0 aromatic carbocycles. The van der Waals surface area contributed by atoms with Crippen LogP contribution in [0.5, 0.6) is 0 Å². The third-order valence-electron chi connectivity index (χ3n) is 5.06. The third-order valence-corrected chi connectivity index (χ3v) is 5.06. The molecule has 108 valence electrons. The van der Waals surface area contributed by atoms with Crippen LogP contribution in [0, 0.1) is 0 Å². The smallest absolute Gasteiger partial charge is 0.0190 e. The van der Waals surface area contributed by atoms with Gasteiger partial charge in [-0.3, -0.25) is 0 Å². The molecule has 6 aliphatic carbocycles. The number of halogens is 2. The maximum Gasteiger partial charge on any atom is 0.0190 e. The molecule has 18 heavy (non-hydrogen) atoms. The van der Waals surface area contributed by atoms with Gasteiger partial charge in [0.2, 0.25) is 0 Å². The minimum atomic E-state index is 0. The molecule has 8 N–H and O–H groups in total. The van der Waals surface area contributed by atoms with Crippen molar-refractivity contribution in [2.75, 3.05) is 0 Å². The highest BCUT2D eigenvalue weighted by molar-refractivity contribution is 5.85. The quantitative estimate of drug-likeness (QED) is 0.530. The molecule has 0 heterocycles. The van der Waals surface area contributed by atoms with Gasteiger partial charge in [0.25, 0.3) is 0 Å². The average Bonchev–Trinajstić information content (AvgIpc) is 2.67. The lowest BCUT2D eigenvalue weighted by Gasteiger charge is -2.42. The summed E-state index contributed by atoms with van der Waals surface area (Å²) in [6.07, 6.45) is 8.90. The monoisotopic (exact) mass is 296 g/mol. The van der Waals surface area contributed by atoms with E-state index in [9.17, 15) is 0 Å². The first-order valence-electron chi connectivity index (χ1n) is 6.40.